The fourth-order valence-electron chi connectivity index (χ4n) is 2.55. The number of anilines is 1. The number of benzene rings is 1. The minimum Gasteiger partial charge on any atom is -0.398 e. The van der Waals surface area contributed by atoms with Crippen molar-refractivity contribution in [2.24, 2.45) is 5.41 Å². The number of allylic oxidation sites excluding steroid dienone is 2. The third kappa shape index (κ3) is 3.03. The molecule has 1 aromatic carbocycles. The number of hydrogen-bond donors (Lipinski definition) is 1. The molecular weight excluding hydrogens is 248 g/mol. The van der Waals surface area contributed by atoms with E-state index in [-0.39, 0.29) is 5.91 Å². The summed E-state index contributed by atoms with van der Waals surface area (Å²) in [7, 11) is 3.53. The number of nitrogens with zero attached hydrogens (tertiary/aromatic N) is 1. The van der Waals surface area contributed by atoms with Gasteiger partial charge in [0.2, 0.25) is 0 Å². The highest BCUT2D eigenvalue weighted by Crippen LogP contribution is 2.39. The summed E-state index contributed by atoms with van der Waals surface area (Å²) < 4.78 is 0. The van der Waals surface area contributed by atoms with E-state index >= 15 is 0 Å². The van der Waals surface area contributed by atoms with Crippen molar-refractivity contribution in [1.29, 1.82) is 0 Å². The van der Waals surface area contributed by atoms with E-state index in [1.807, 2.05) is 12.1 Å². The number of carbonyl (C=O) groups excluding carboxylic acids is 1. The summed E-state index contributed by atoms with van der Waals surface area (Å²) in [6.07, 6.45) is 5.52. The van der Waals surface area contributed by atoms with Gasteiger partial charge in [0, 0.05) is 30.9 Å². The summed E-state index contributed by atoms with van der Waals surface area (Å²) in [4.78, 5) is 13.7. The van der Waals surface area contributed by atoms with Gasteiger partial charge in [0.1, 0.15) is 0 Å². The van der Waals surface area contributed by atoms with Crippen LogP contribution >= 0.6 is 0 Å². The molecule has 20 heavy (non-hydrogen) atoms. The molecular formula is C17H24N2O. The third-order valence-electron chi connectivity index (χ3n) is 4.02. The van der Waals surface area contributed by atoms with Crippen LogP contribution in [0.1, 0.15) is 49.0 Å². The molecule has 3 nitrogen and oxygen atoms in total. The van der Waals surface area contributed by atoms with Crippen LogP contribution < -0.4 is 5.73 Å². The van der Waals surface area contributed by atoms with Gasteiger partial charge in [-0.15, -0.1) is 0 Å². The first-order valence-electron chi connectivity index (χ1n) is 7.11. The number of carbonyl (C=O) groups is 1. The van der Waals surface area contributed by atoms with Crippen LogP contribution in [0.2, 0.25) is 0 Å². The molecule has 0 aliphatic heterocycles. The van der Waals surface area contributed by atoms with Crippen LogP contribution in [0, 0.1) is 5.41 Å². The van der Waals surface area contributed by atoms with Crippen molar-refractivity contribution in [3.8, 4) is 0 Å². The first-order valence-corrected chi connectivity index (χ1v) is 7.11. The lowest BCUT2D eigenvalue weighted by atomic mass is 9.77. The Bertz CT molecular complexity index is 556. The van der Waals surface area contributed by atoms with E-state index in [0.717, 1.165) is 30.5 Å². The average Bonchev–Trinajstić information content (AvgIpc) is 2.39. The molecule has 0 saturated carbocycles. The van der Waals surface area contributed by atoms with Crippen LogP contribution in [-0.2, 0) is 0 Å². The number of nitrogens with two attached hydrogens (primary N) is 1. The Morgan fingerprint density at radius 2 is 2.00 bits per heavy atom. The Hall–Kier alpha value is -1.77. The molecule has 0 fully saturated rings. The van der Waals surface area contributed by atoms with E-state index in [1.165, 1.54) is 5.57 Å². The molecule has 0 saturated heterocycles. The third-order valence-corrected chi connectivity index (χ3v) is 4.02. The molecule has 0 atom stereocenters. The molecule has 0 aromatic heterocycles. The summed E-state index contributed by atoms with van der Waals surface area (Å²) in [6, 6.07) is 5.57. The molecule has 0 bridgehead atoms. The van der Waals surface area contributed by atoms with Gasteiger partial charge < -0.3 is 10.6 Å². The monoisotopic (exact) mass is 272 g/mol. The lowest BCUT2D eigenvalue weighted by Crippen LogP contribution is -2.22. The van der Waals surface area contributed by atoms with E-state index in [1.54, 1.807) is 25.1 Å². The van der Waals surface area contributed by atoms with Crippen LogP contribution in [-0.4, -0.2) is 24.9 Å². The molecule has 0 heterocycles. The predicted molar refractivity (Wildman–Crippen MR) is 84.5 cm³/mol. The van der Waals surface area contributed by atoms with E-state index in [9.17, 15) is 4.79 Å². The van der Waals surface area contributed by atoms with Crippen LogP contribution in [0.15, 0.2) is 24.3 Å². The van der Waals surface area contributed by atoms with Gasteiger partial charge in [0.05, 0.1) is 0 Å². The first kappa shape index (κ1) is 14.6. The van der Waals surface area contributed by atoms with Crippen molar-refractivity contribution < 1.29 is 4.79 Å². The zero-order chi connectivity index (χ0) is 14.9. The van der Waals surface area contributed by atoms with Crippen molar-refractivity contribution in [2.75, 3.05) is 19.8 Å². The van der Waals surface area contributed by atoms with Gasteiger partial charge in [-0.05, 0) is 48.4 Å². The van der Waals surface area contributed by atoms with E-state index in [2.05, 4.69) is 19.9 Å². The number of hydrogen-bond acceptors (Lipinski definition) is 2. The highest BCUT2D eigenvalue weighted by molar-refractivity contribution is 5.95. The topological polar surface area (TPSA) is 46.3 Å². The van der Waals surface area contributed by atoms with Crippen LogP contribution in [0.5, 0.6) is 0 Å². The molecule has 2 N–H and O–H groups in total. The largest absolute Gasteiger partial charge is 0.398 e. The maximum Gasteiger partial charge on any atom is 0.253 e. The molecule has 1 aliphatic rings. The molecule has 2 rings (SSSR count). The highest BCUT2D eigenvalue weighted by atomic mass is 16.2. The number of nitrogen functional groups attached to an aromatic ring is 1. The van der Waals surface area contributed by atoms with Gasteiger partial charge >= 0.3 is 0 Å². The van der Waals surface area contributed by atoms with Crippen molar-refractivity contribution in [3.63, 3.8) is 0 Å². The second-order valence-electron chi connectivity index (χ2n) is 6.60. The van der Waals surface area contributed by atoms with Gasteiger partial charge in [-0.1, -0.05) is 19.9 Å². The number of amides is 1. The van der Waals surface area contributed by atoms with Gasteiger partial charge in [-0.25, -0.2) is 0 Å². The van der Waals surface area contributed by atoms with Crippen molar-refractivity contribution in [2.45, 2.75) is 33.1 Å². The van der Waals surface area contributed by atoms with Crippen molar-refractivity contribution in [1.82, 2.24) is 4.90 Å². The zero-order valence-electron chi connectivity index (χ0n) is 12.9. The minimum atomic E-state index is 0.0167. The minimum absolute atomic E-state index is 0.0167. The molecule has 108 valence electrons. The summed E-state index contributed by atoms with van der Waals surface area (Å²) in [5.74, 6) is 0.0167. The molecule has 3 heteroatoms. The molecule has 1 aliphatic carbocycles. The summed E-state index contributed by atoms with van der Waals surface area (Å²) >= 11 is 0. The van der Waals surface area contributed by atoms with E-state index in [4.69, 9.17) is 5.73 Å². The van der Waals surface area contributed by atoms with Gasteiger partial charge in [0.15, 0.2) is 0 Å². The first-order chi connectivity index (χ1) is 9.30. The van der Waals surface area contributed by atoms with E-state index in [0.29, 0.717) is 11.0 Å². The number of rotatable bonds is 2. The molecule has 1 aromatic rings. The Morgan fingerprint density at radius 1 is 1.30 bits per heavy atom. The predicted octanol–water partition coefficient (Wildman–Crippen LogP) is 3.56. The Morgan fingerprint density at radius 3 is 2.55 bits per heavy atom. The van der Waals surface area contributed by atoms with Gasteiger partial charge in [-0.2, -0.15) is 0 Å². The van der Waals surface area contributed by atoms with Crippen molar-refractivity contribution in [3.05, 3.63) is 35.4 Å². The molecule has 0 unspecified atom stereocenters. The lowest BCUT2D eigenvalue weighted by Gasteiger charge is -2.29. The molecule has 0 radical (unpaired) electrons. The Kier molecular flexibility index (Phi) is 3.89. The van der Waals surface area contributed by atoms with Crippen LogP contribution in [0.25, 0.3) is 5.57 Å². The zero-order valence-corrected chi connectivity index (χ0v) is 12.9. The molecule has 1 amide bonds. The maximum absolute atomic E-state index is 12.1. The average molecular weight is 272 g/mol. The second-order valence-corrected chi connectivity index (χ2v) is 6.60. The summed E-state index contributed by atoms with van der Waals surface area (Å²) in [6.45, 7) is 4.57. The van der Waals surface area contributed by atoms with Gasteiger partial charge in [-0.3, -0.25) is 4.79 Å². The quantitative estimate of drug-likeness (QED) is 0.837. The summed E-state index contributed by atoms with van der Waals surface area (Å²) in [5, 5.41) is 0. The molecule has 0 spiro atoms. The fourth-order valence-corrected chi connectivity index (χ4v) is 2.55. The van der Waals surface area contributed by atoms with Gasteiger partial charge in [0.25, 0.3) is 5.91 Å². The van der Waals surface area contributed by atoms with Crippen LogP contribution in [0.4, 0.5) is 5.69 Å². The lowest BCUT2D eigenvalue weighted by molar-refractivity contribution is 0.0827. The summed E-state index contributed by atoms with van der Waals surface area (Å²) in [5.41, 5.74) is 10.2. The SMILES string of the molecule is CN(C)C(=O)c1ccc(N)c(C2=CCC(C)(C)CC2)c1. The van der Waals surface area contributed by atoms with E-state index < -0.39 is 0 Å². The smallest absolute Gasteiger partial charge is 0.253 e. The second kappa shape index (κ2) is 5.31. The van der Waals surface area contributed by atoms with Crippen molar-refractivity contribution >= 4 is 17.2 Å². The maximum atomic E-state index is 12.1. The fraction of sp³-hybridized carbons (Fsp3) is 0.471. The normalized spacial score (nSPS) is 17.5. The standard InChI is InChI=1S/C17H24N2O/c1-17(2)9-7-12(8-10-17)14-11-13(5-6-15(14)18)16(20)19(3)4/h5-7,11H,8-10,18H2,1-4H3. The van der Waals surface area contributed by atoms with Crippen LogP contribution in [0.3, 0.4) is 0 Å². The Labute approximate surface area is 121 Å². The Balaban J connectivity index is 2.35. The highest BCUT2D eigenvalue weighted by Gasteiger charge is 2.23.